The van der Waals surface area contributed by atoms with E-state index in [9.17, 15) is 13.2 Å². The summed E-state index contributed by atoms with van der Waals surface area (Å²) >= 11 is 12.4. The second-order valence-electron chi connectivity index (χ2n) is 6.99. The van der Waals surface area contributed by atoms with Crippen molar-refractivity contribution in [1.29, 1.82) is 0 Å². The number of nitrogens with one attached hydrogen (secondary N) is 1. The third-order valence-corrected chi connectivity index (χ3v) is 7.30. The van der Waals surface area contributed by atoms with Crippen LogP contribution in [0, 0.1) is 6.92 Å². The van der Waals surface area contributed by atoms with Gasteiger partial charge in [-0.25, -0.2) is 8.42 Å². The zero-order valence-electron chi connectivity index (χ0n) is 18.1. The van der Waals surface area contributed by atoms with Gasteiger partial charge in [-0.15, -0.1) is 0 Å². The van der Waals surface area contributed by atoms with Crippen molar-refractivity contribution in [2.24, 2.45) is 0 Å². The molecule has 0 aliphatic heterocycles. The minimum Gasteiger partial charge on any atom is -0.495 e. The average Bonchev–Trinajstić information content (AvgIpc) is 2.80. The Balaban J connectivity index is 1.99. The van der Waals surface area contributed by atoms with Gasteiger partial charge in [0, 0.05) is 17.2 Å². The first kappa shape index (κ1) is 24.7. The molecule has 33 heavy (non-hydrogen) atoms. The van der Waals surface area contributed by atoms with E-state index in [1.54, 1.807) is 37.3 Å². The van der Waals surface area contributed by atoms with Crippen LogP contribution in [0.5, 0.6) is 11.5 Å². The number of hydrogen-bond acceptors (Lipinski definition) is 5. The van der Waals surface area contributed by atoms with Gasteiger partial charge in [-0.05, 0) is 36.8 Å². The summed E-state index contributed by atoms with van der Waals surface area (Å²) in [5.74, 6) is 0.0192. The number of rotatable bonds is 8. The Morgan fingerprint density at radius 3 is 2.21 bits per heavy atom. The maximum Gasteiger partial charge on any atom is 0.264 e. The van der Waals surface area contributed by atoms with Gasteiger partial charge < -0.3 is 14.8 Å². The second-order valence-corrected chi connectivity index (χ2v) is 9.67. The Bertz CT molecular complexity index is 1270. The number of ether oxygens (including phenoxy) is 2. The number of benzene rings is 3. The summed E-state index contributed by atoms with van der Waals surface area (Å²) in [6.07, 6.45) is 0. The van der Waals surface area contributed by atoms with Gasteiger partial charge in [0.05, 0.1) is 35.5 Å². The van der Waals surface area contributed by atoms with Gasteiger partial charge in [-0.1, -0.05) is 47.5 Å². The number of halogens is 2. The molecule has 0 saturated heterocycles. The van der Waals surface area contributed by atoms with Gasteiger partial charge in [-0.3, -0.25) is 9.10 Å². The minimum absolute atomic E-state index is 0.0419. The number of nitrogens with zero attached hydrogens (tertiary/aromatic N) is 1. The number of carbonyl (C=O) groups is 1. The lowest BCUT2D eigenvalue weighted by Crippen LogP contribution is -2.38. The molecule has 3 rings (SSSR count). The van der Waals surface area contributed by atoms with Crippen molar-refractivity contribution in [2.45, 2.75) is 11.8 Å². The van der Waals surface area contributed by atoms with Gasteiger partial charge in [0.25, 0.3) is 10.0 Å². The van der Waals surface area contributed by atoms with Crippen molar-refractivity contribution in [3.8, 4) is 11.5 Å². The molecule has 174 valence electrons. The number of anilines is 2. The van der Waals surface area contributed by atoms with Crippen molar-refractivity contribution >= 4 is 50.5 Å². The highest BCUT2D eigenvalue weighted by atomic mass is 35.5. The number of amides is 1. The molecule has 1 amide bonds. The monoisotopic (exact) mass is 508 g/mol. The number of carbonyl (C=O) groups excluding carboxylic acids is 1. The Labute approximate surface area is 202 Å². The molecule has 0 aromatic heterocycles. The van der Waals surface area contributed by atoms with Crippen LogP contribution in [0.1, 0.15) is 5.56 Å². The molecule has 0 heterocycles. The van der Waals surface area contributed by atoms with E-state index in [2.05, 4.69) is 5.32 Å². The number of hydrogen-bond donors (Lipinski definition) is 1. The fourth-order valence-electron chi connectivity index (χ4n) is 3.05. The highest BCUT2D eigenvalue weighted by Crippen LogP contribution is 2.36. The maximum atomic E-state index is 13.4. The van der Waals surface area contributed by atoms with E-state index in [1.165, 1.54) is 44.6 Å². The zero-order valence-corrected chi connectivity index (χ0v) is 20.5. The topological polar surface area (TPSA) is 84.9 Å². The molecule has 3 aromatic carbocycles. The van der Waals surface area contributed by atoms with Crippen LogP contribution in [0.4, 0.5) is 11.4 Å². The highest BCUT2D eigenvalue weighted by Gasteiger charge is 2.28. The summed E-state index contributed by atoms with van der Waals surface area (Å²) in [7, 11) is -1.21. The number of methoxy groups -OCH3 is 2. The van der Waals surface area contributed by atoms with Crippen LogP contribution in [0.2, 0.25) is 10.0 Å². The molecule has 0 aliphatic carbocycles. The molecule has 1 N–H and O–H groups in total. The predicted molar refractivity (Wildman–Crippen MR) is 130 cm³/mol. The lowest BCUT2D eigenvalue weighted by Gasteiger charge is -2.25. The molecule has 0 spiro atoms. The van der Waals surface area contributed by atoms with E-state index in [4.69, 9.17) is 32.7 Å². The third kappa shape index (κ3) is 5.52. The lowest BCUT2D eigenvalue weighted by molar-refractivity contribution is -0.114. The fourth-order valence-corrected chi connectivity index (χ4v) is 4.89. The average molecular weight is 509 g/mol. The van der Waals surface area contributed by atoms with Crippen LogP contribution < -0.4 is 19.1 Å². The lowest BCUT2D eigenvalue weighted by atomic mass is 10.2. The molecule has 0 radical (unpaired) electrons. The molecular formula is C23H22Cl2N2O5S. The summed E-state index contributed by atoms with van der Waals surface area (Å²) in [5, 5.41) is 3.35. The van der Waals surface area contributed by atoms with Crippen molar-refractivity contribution in [1.82, 2.24) is 0 Å². The highest BCUT2D eigenvalue weighted by molar-refractivity contribution is 7.92. The fraction of sp³-hybridized carbons (Fsp3) is 0.174. The molecule has 0 atom stereocenters. The SMILES string of the molecule is COc1cc(NC(=O)CN(c2ccc(C)c(Cl)c2)S(=O)(=O)c2ccccc2)c(OC)cc1Cl. The van der Waals surface area contributed by atoms with Crippen LogP contribution in [-0.4, -0.2) is 35.1 Å². The largest absolute Gasteiger partial charge is 0.495 e. The van der Waals surface area contributed by atoms with E-state index in [1.807, 2.05) is 0 Å². The quantitative estimate of drug-likeness (QED) is 0.454. The first-order chi connectivity index (χ1) is 15.7. The Morgan fingerprint density at radius 1 is 0.939 bits per heavy atom. The van der Waals surface area contributed by atoms with E-state index >= 15 is 0 Å². The normalized spacial score (nSPS) is 11.1. The molecular weight excluding hydrogens is 487 g/mol. The zero-order chi connectivity index (χ0) is 24.2. The Hall–Kier alpha value is -2.94. The number of sulfonamides is 1. The predicted octanol–water partition coefficient (Wildman–Crippen LogP) is 5.15. The van der Waals surface area contributed by atoms with E-state index in [0.29, 0.717) is 21.5 Å². The second kappa shape index (κ2) is 10.3. The standard InChI is InChI=1S/C23H22Cl2N2O5S/c1-15-9-10-16(11-18(15)24)27(33(29,30)17-7-5-4-6-8-17)14-23(28)26-20-13-21(31-2)19(25)12-22(20)32-3/h4-13H,14H2,1-3H3,(H,26,28). The third-order valence-electron chi connectivity index (χ3n) is 4.81. The Morgan fingerprint density at radius 2 is 1.61 bits per heavy atom. The van der Waals surface area contributed by atoms with E-state index in [0.717, 1.165) is 9.87 Å². The molecule has 0 bridgehead atoms. The molecule has 0 fully saturated rings. The first-order valence-corrected chi connectivity index (χ1v) is 11.9. The van der Waals surface area contributed by atoms with Crippen LogP contribution in [-0.2, 0) is 14.8 Å². The van der Waals surface area contributed by atoms with Crippen LogP contribution in [0.25, 0.3) is 0 Å². The molecule has 10 heteroatoms. The van der Waals surface area contributed by atoms with Crippen LogP contribution in [0.15, 0.2) is 65.6 Å². The summed E-state index contributed by atoms with van der Waals surface area (Å²) in [4.78, 5) is 13.0. The molecule has 0 aliphatic rings. The Kier molecular flexibility index (Phi) is 7.73. The maximum absolute atomic E-state index is 13.4. The van der Waals surface area contributed by atoms with E-state index in [-0.39, 0.29) is 16.3 Å². The van der Waals surface area contributed by atoms with Crippen molar-refractivity contribution < 1.29 is 22.7 Å². The minimum atomic E-state index is -4.07. The first-order valence-electron chi connectivity index (χ1n) is 9.72. The van der Waals surface area contributed by atoms with Gasteiger partial charge in [0.1, 0.15) is 18.0 Å². The molecule has 0 saturated carbocycles. The van der Waals surface area contributed by atoms with Gasteiger partial charge in [0.15, 0.2) is 0 Å². The van der Waals surface area contributed by atoms with Gasteiger partial charge in [-0.2, -0.15) is 0 Å². The summed E-state index contributed by atoms with van der Waals surface area (Å²) in [5.41, 5.74) is 1.31. The number of aryl methyl sites for hydroxylation is 1. The van der Waals surface area contributed by atoms with Crippen molar-refractivity contribution in [2.75, 3.05) is 30.4 Å². The molecule has 3 aromatic rings. The van der Waals surface area contributed by atoms with Crippen molar-refractivity contribution in [3.63, 3.8) is 0 Å². The summed E-state index contributed by atoms with van der Waals surface area (Å²) < 4.78 is 38.3. The summed E-state index contributed by atoms with van der Waals surface area (Å²) in [6, 6.07) is 15.6. The summed E-state index contributed by atoms with van der Waals surface area (Å²) in [6.45, 7) is 1.29. The van der Waals surface area contributed by atoms with Gasteiger partial charge in [0.2, 0.25) is 5.91 Å². The van der Waals surface area contributed by atoms with Crippen LogP contribution in [0.3, 0.4) is 0 Å². The molecule has 7 nitrogen and oxygen atoms in total. The van der Waals surface area contributed by atoms with Gasteiger partial charge >= 0.3 is 0 Å². The van der Waals surface area contributed by atoms with Crippen LogP contribution >= 0.6 is 23.2 Å². The molecule has 0 unspecified atom stereocenters. The van der Waals surface area contributed by atoms with E-state index < -0.39 is 22.5 Å². The van der Waals surface area contributed by atoms with Crippen molar-refractivity contribution in [3.05, 3.63) is 76.3 Å². The smallest absolute Gasteiger partial charge is 0.264 e.